The highest BCUT2D eigenvalue weighted by Gasteiger charge is 2.27. The molecule has 1 aromatic carbocycles. The van der Waals surface area contributed by atoms with Crippen molar-refractivity contribution in [2.24, 2.45) is 11.5 Å². The van der Waals surface area contributed by atoms with Crippen molar-refractivity contribution in [2.45, 2.75) is 59.4 Å². The molecule has 0 aliphatic heterocycles. The van der Waals surface area contributed by atoms with Crippen LogP contribution in [0.2, 0.25) is 0 Å². The lowest BCUT2D eigenvalue weighted by Gasteiger charge is -2.29. The summed E-state index contributed by atoms with van der Waals surface area (Å²) in [6, 6.07) is 8.95. The number of carbonyl (C=O) groups excluding carboxylic acids is 5. The summed E-state index contributed by atoms with van der Waals surface area (Å²) < 4.78 is 15.9. The van der Waals surface area contributed by atoms with E-state index in [0.29, 0.717) is 0 Å². The van der Waals surface area contributed by atoms with E-state index in [-0.39, 0.29) is 59.0 Å². The van der Waals surface area contributed by atoms with Crippen molar-refractivity contribution < 1.29 is 38.2 Å². The Bertz CT molecular complexity index is 1050. The molecule has 15 heteroatoms. The molecule has 0 saturated carbocycles. The fourth-order valence-electron chi connectivity index (χ4n) is 3.77. The smallest absolute Gasteiger partial charge is 0.411 e. The minimum absolute atomic E-state index is 0.0153. The van der Waals surface area contributed by atoms with Crippen molar-refractivity contribution in [1.29, 1.82) is 0 Å². The number of nitrogens with two attached hydrogens (primary N) is 2. The highest BCUT2D eigenvalue weighted by atomic mass is 16.6. The average Bonchev–Trinajstić information content (AvgIpc) is 2.93. The van der Waals surface area contributed by atoms with E-state index in [4.69, 9.17) is 25.7 Å². The molecule has 45 heavy (non-hydrogen) atoms. The van der Waals surface area contributed by atoms with Crippen LogP contribution in [0, 0.1) is 0 Å². The normalized spacial score (nSPS) is 11.2. The van der Waals surface area contributed by atoms with Gasteiger partial charge in [0.1, 0.15) is 30.9 Å². The number of nitrogens with zero attached hydrogens (tertiary/aromatic N) is 3. The minimum Gasteiger partial charge on any atom is -0.445 e. The van der Waals surface area contributed by atoms with Crippen molar-refractivity contribution in [2.75, 3.05) is 65.4 Å². The zero-order valence-corrected chi connectivity index (χ0v) is 27.4. The lowest BCUT2D eigenvalue weighted by atomic mass is 10.2. The minimum atomic E-state index is -0.875. The van der Waals surface area contributed by atoms with Gasteiger partial charge in [-0.3, -0.25) is 14.5 Å². The summed E-state index contributed by atoms with van der Waals surface area (Å²) in [5.41, 5.74) is 10.6. The third-order valence-corrected chi connectivity index (χ3v) is 5.72. The maximum absolute atomic E-state index is 13.6. The molecule has 0 saturated heterocycles. The van der Waals surface area contributed by atoms with Gasteiger partial charge < -0.3 is 46.1 Å². The van der Waals surface area contributed by atoms with E-state index in [0.717, 1.165) is 10.5 Å². The van der Waals surface area contributed by atoms with E-state index >= 15 is 0 Å². The molecule has 1 aromatic rings. The van der Waals surface area contributed by atoms with E-state index in [9.17, 15) is 24.0 Å². The first-order valence-electron chi connectivity index (χ1n) is 14.9. The quantitative estimate of drug-likeness (QED) is 0.191. The maximum Gasteiger partial charge on any atom is 0.411 e. The zero-order chi connectivity index (χ0) is 34.0. The molecule has 0 spiro atoms. The van der Waals surface area contributed by atoms with Gasteiger partial charge in [0.15, 0.2) is 0 Å². The van der Waals surface area contributed by atoms with Gasteiger partial charge >= 0.3 is 18.3 Å². The molecule has 15 nitrogen and oxygen atoms in total. The van der Waals surface area contributed by atoms with Crippen LogP contribution in [0.4, 0.5) is 14.4 Å². The second-order valence-electron chi connectivity index (χ2n) is 12.1. The van der Waals surface area contributed by atoms with Crippen molar-refractivity contribution >= 4 is 30.1 Å². The number of nitrogens with one attached hydrogen (secondary N) is 2. The molecule has 0 aliphatic rings. The summed E-state index contributed by atoms with van der Waals surface area (Å²) in [4.78, 5) is 67.9. The molecule has 0 unspecified atom stereocenters. The van der Waals surface area contributed by atoms with Crippen molar-refractivity contribution in [3.05, 3.63) is 35.9 Å². The van der Waals surface area contributed by atoms with E-state index in [1.807, 2.05) is 6.07 Å². The molecule has 0 aromatic heterocycles. The number of benzene rings is 1. The molecule has 0 bridgehead atoms. The third-order valence-electron chi connectivity index (χ3n) is 5.72. The summed E-state index contributed by atoms with van der Waals surface area (Å²) in [5.74, 6) is -1.01. The number of carbonyl (C=O) groups is 5. The second kappa shape index (κ2) is 19.3. The van der Waals surface area contributed by atoms with Crippen LogP contribution < -0.4 is 22.1 Å². The van der Waals surface area contributed by atoms with E-state index in [2.05, 4.69) is 10.6 Å². The Balaban J connectivity index is 3.09. The molecule has 0 radical (unpaired) electrons. The van der Waals surface area contributed by atoms with Crippen LogP contribution in [0.5, 0.6) is 0 Å². The Labute approximate surface area is 265 Å². The van der Waals surface area contributed by atoms with E-state index < -0.39 is 54.4 Å². The van der Waals surface area contributed by atoms with E-state index in [1.165, 1.54) is 9.80 Å². The van der Waals surface area contributed by atoms with E-state index in [1.54, 1.807) is 65.8 Å². The van der Waals surface area contributed by atoms with Crippen molar-refractivity contribution in [3.8, 4) is 0 Å². The molecule has 5 amide bonds. The number of alkyl carbamates (subject to hydrolysis) is 2. The predicted octanol–water partition coefficient (Wildman–Crippen LogP) is 1.25. The van der Waals surface area contributed by atoms with Gasteiger partial charge in [-0.05, 0) is 47.1 Å². The van der Waals surface area contributed by atoms with Gasteiger partial charge in [0.25, 0.3) is 0 Å². The predicted molar refractivity (Wildman–Crippen MR) is 168 cm³/mol. The van der Waals surface area contributed by atoms with Crippen LogP contribution in [-0.2, 0) is 30.4 Å². The SMILES string of the molecule is CC(C)(C)OC(=O)NCCN(CCNC(=O)OC(C)(C)C)C(=O)CN(CC(=O)N(CCN)CCN)C(=O)OCc1ccccc1. The number of amides is 5. The van der Waals surface area contributed by atoms with Crippen molar-refractivity contribution in [3.63, 3.8) is 0 Å². The second-order valence-corrected chi connectivity index (χ2v) is 12.1. The molecular formula is C30H51N7O8. The lowest BCUT2D eigenvalue weighted by Crippen LogP contribution is -2.51. The molecular weight excluding hydrogens is 586 g/mol. The summed E-state index contributed by atoms with van der Waals surface area (Å²) in [6.07, 6.45) is -2.21. The van der Waals surface area contributed by atoms with Gasteiger partial charge in [-0.25, -0.2) is 14.4 Å². The van der Waals surface area contributed by atoms with Crippen LogP contribution in [0.25, 0.3) is 0 Å². The molecule has 0 aliphatic carbocycles. The van der Waals surface area contributed by atoms with Crippen LogP contribution in [0.1, 0.15) is 47.1 Å². The highest BCUT2D eigenvalue weighted by Crippen LogP contribution is 2.08. The first-order valence-corrected chi connectivity index (χ1v) is 14.9. The largest absolute Gasteiger partial charge is 0.445 e. The Hall–Kier alpha value is -4.11. The van der Waals surface area contributed by atoms with Gasteiger partial charge in [-0.2, -0.15) is 0 Å². The maximum atomic E-state index is 13.6. The van der Waals surface area contributed by atoms with Crippen molar-refractivity contribution in [1.82, 2.24) is 25.3 Å². The highest BCUT2D eigenvalue weighted by molar-refractivity contribution is 5.87. The fraction of sp³-hybridized carbons (Fsp3) is 0.633. The van der Waals surface area contributed by atoms with Gasteiger partial charge in [0, 0.05) is 52.4 Å². The summed E-state index contributed by atoms with van der Waals surface area (Å²) in [6.45, 7) is 10.2. The number of hydrogen-bond acceptors (Lipinski definition) is 10. The number of hydrogen-bond donors (Lipinski definition) is 4. The topological polar surface area (TPSA) is 199 Å². The zero-order valence-electron chi connectivity index (χ0n) is 27.4. The van der Waals surface area contributed by atoms with Gasteiger partial charge in [0.05, 0.1) is 0 Å². The molecule has 0 heterocycles. The Kier molecular flexibility index (Phi) is 16.7. The Morgan fingerprint density at radius 3 is 1.49 bits per heavy atom. The van der Waals surface area contributed by atoms with Crippen LogP contribution >= 0.6 is 0 Å². The first kappa shape index (κ1) is 38.9. The van der Waals surface area contributed by atoms with Crippen LogP contribution in [-0.4, -0.2) is 121 Å². The Morgan fingerprint density at radius 1 is 0.667 bits per heavy atom. The van der Waals surface area contributed by atoms with Gasteiger partial charge in [-0.1, -0.05) is 30.3 Å². The molecule has 1 rings (SSSR count). The monoisotopic (exact) mass is 637 g/mol. The average molecular weight is 638 g/mol. The lowest BCUT2D eigenvalue weighted by molar-refractivity contribution is -0.135. The first-order chi connectivity index (χ1) is 21.0. The molecule has 0 atom stereocenters. The summed E-state index contributed by atoms with van der Waals surface area (Å²) in [5, 5.41) is 5.18. The molecule has 6 N–H and O–H groups in total. The third kappa shape index (κ3) is 17.7. The summed E-state index contributed by atoms with van der Waals surface area (Å²) in [7, 11) is 0. The van der Waals surface area contributed by atoms with Gasteiger partial charge in [-0.15, -0.1) is 0 Å². The number of ether oxygens (including phenoxy) is 3. The van der Waals surface area contributed by atoms with Gasteiger partial charge in [0.2, 0.25) is 11.8 Å². The summed E-state index contributed by atoms with van der Waals surface area (Å²) >= 11 is 0. The molecule has 254 valence electrons. The molecule has 0 fully saturated rings. The van der Waals surface area contributed by atoms with Crippen LogP contribution in [0.3, 0.4) is 0 Å². The standard InChI is InChI=1S/C30H51N7O8/c1-29(2,3)44-26(40)33-14-18-36(19-15-34-27(41)45-30(4,5)6)25(39)21-37(20-24(38)35(16-12-31)17-13-32)28(42)43-22-23-10-8-7-9-11-23/h7-11H,12-22,31-32H2,1-6H3,(H,33,40)(H,34,41). The fourth-order valence-corrected chi connectivity index (χ4v) is 3.77. The Morgan fingerprint density at radius 2 is 1.09 bits per heavy atom. The number of rotatable bonds is 16. The van der Waals surface area contributed by atoms with Crippen LogP contribution in [0.15, 0.2) is 30.3 Å².